The van der Waals surface area contributed by atoms with E-state index in [1.54, 1.807) is 0 Å². The van der Waals surface area contributed by atoms with Gasteiger partial charge in [0.1, 0.15) is 0 Å². The molecule has 1 aliphatic heterocycles. The lowest BCUT2D eigenvalue weighted by Gasteiger charge is -2.30. The van der Waals surface area contributed by atoms with E-state index in [4.69, 9.17) is 9.84 Å². The lowest BCUT2D eigenvalue weighted by atomic mass is 10.2. The normalized spacial score (nSPS) is 21.4. The number of aliphatic carboxylic acids is 1. The molecular formula is C12H19N3O3. The zero-order valence-corrected chi connectivity index (χ0v) is 10.7. The van der Waals surface area contributed by atoms with Crippen molar-refractivity contribution in [2.45, 2.75) is 32.5 Å². The number of nitrogens with zero attached hydrogens (tertiary/aromatic N) is 3. The first-order valence-corrected chi connectivity index (χ1v) is 6.16. The summed E-state index contributed by atoms with van der Waals surface area (Å²) < 4.78 is 7.10. The minimum Gasteiger partial charge on any atom is -0.479 e. The summed E-state index contributed by atoms with van der Waals surface area (Å²) in [6, 6.07) is 0.343. The molecule has 1 saturated heterocycles. The van der Waals surface area contributed by atoms with Gasteiger partial charge in [0.25, 0.3) is 0 Å². The van der Waals surface area contributed by atoms with Gasteiger partial charge in [-0.25, -0.2) is 4.79 Å². The molecule has 1 aromatic rings. The Bertz CT molecular complexity index is 416. The van der Waals surface area contributed by atoms with Gasteiger partial charge in [-0.15, -0.1) is 0 Å². The number of rotatable bonds is 4. The standard InChI is InChI=1S/C12H19N3O3/c1-9(2)15-7-10(5-13-15)6-14-3-4-18-11(8-14)12(16)17/h5,7,9,11H,3-4,6,8H2,1-2H3,(H,16,17). The van der Waals surface area contributed by atoms with Crippen molar-refractivity contribution in [3.8, 4) is 0 Å². The van der Waals surface area contributed by atoms with Gasteiger partial charge in [-0.1, -0.05) is 0 Å². The van der Waals surface area contributed by atoms with Crippen molar-refractivity contribution in [1.82, 2.24) is 14.7 Å². The number of carboxylic acids is 1. The van der Waals surface area contributed by atoms with E-state index in [-0.39, 0.29) is 0 Å². The van der Waals surface area contributed by atoms with E-state index >= 15 is 0 Å². The molecule has 0 amide bonds. The third kappa shape index (κ3) is 3.08. The minimum absolute atomic E-state index is 0.343. The van der Waals surface area contributed by atoms with Gasteiger partial charge in [0.05, 0.1) is 12.8 Å². The van der Waals surface area contributed by atoms with Gasteiger partial charge in [-0.05, 0) is 13.8 Å². The monoisotopic (exact) mass is 253 g/mol. The molecule has 6 heteroatoms. The third-order valence-electron chi connectivity index (χ3n) is 3.02. The van der Waals surface area contributed by atoms with Gasteiger partial charge in [0, 0.05) is 37.4 Å². The van der Waals surface area contributed by atoms with Gasteiger partial charge in [-0.2, -0.15) is 5.10 Å². The topological polar surface area (TPSA) is 67.6 Å². The molecule has 1 N–H and O–H groups in total. The molecule has 0 radical (unpaired) electrons. The van der Waals surface area contributed by atoms with E-state index in [9.17, 15) is 4.79 Å². The second-order valence-corrected chi connectivity index (χ2v) is 4.86. The number of carbonyl (C=O) groups is 1. The summed E-state index contributed by atoms with van der Waals surface area (Å²) in [6.07, 6.45) is 3.14. The van der Waals surface area contributed by atoms with Crippen LogP contribution in [-0.4, -0.2) is 51.6 Å². The molecule has 0 saturated carbocycles. The molecule has 0 aliphatic carbocycles. The first-order chi connectivity index (χ1) is 8.56. The van der Waals surface area contributed by atoms with Gasteiger partial charge >= 0.3 is 5.97 Å². The Morgan fingerprint density at radius 2 is 2.44 bits per heavy atom. The van der Waals surface area contributed by atoms with Gasteiger partial charge in [0.15, 0.2) is 6.10 Å². The number of aromatic nitrogens is 2. The molecule has 1 unspecified atom stereocenters. The Balaban J connectivity index is 1.94. The van der Waals surface area contributed by atoms with Gasteiger partial charge in [-0.3, -0.25) is 9.58 Å². The van der Waals surface area contributed by atoms with Crippen LogP contribution in [0.25, 0.3) is 0 Å². The second kappa shape index (κ2) is 5.49. The summed E-state index contributed by atoms with van der Waals surface area (Å²) >= 11 is 0. The molecule has 0 aromatic carbocycles. The average Bonchev–Trinajstić information content (AvgIpc) is 2.78. The molecule has 18 heavy (non-hydrogen) atoms. The molecule has 1 aromatic heterocycles. The van der Waals surface area contributed by atoms with Crippen molar-refractivity contribution >= 4 is 5.97 Å². The average molecular weight is 253 g/mol. The van der Waals surface area contributed by atoms with Crippen molar-refractivity contribution < 1.29 is 14.6 Å². The van der Waals surface area contributed by atoms with Crippen LogP contribution in [0.3, 0.4) is 0 Å². The highest BCUT2D eigenvalue weighted by Gasteiger charge is 2.26. The molecule has 100 valence electrons. The molecule has 1 atom stereocenters. The van der Waals surface area contributed by atoms with Crippen LogP contribution in [-0.2, 0) is 16.1 Å². The van der Waals surface area contributed by atoms with E-state index < -0.39 is 12.1 Å². The smallest absolute Gasteiger partial charge is 0.334 e. The summed E-state index contributed by atoms with van der Waals surface area (Å²) in [5.41, 5.74) is 1.11. The summed E-state index contributed by atoms with van der Waals surface area (Å²) in [4.78, 5) is 13.0. The summed E-state index contributed by atoms with van der Waals surface area (Å²) in [5.74, 6) is -0.891. The summed E-state index contributed by atoms with van der Waals surface area (Å²) in [5, 5.41) is 13.2. The number of hydrogen-bond acceptors (Lipinski definition) is 4. The van der Waals surface area contributed by atoms with Crippen LogP contribution in [0.4, 0.5) is 0 Å². The lowest BCUT2D eigenvalue weighted by Crippen LogP contribution is -2.45. The Hall–Kier alpha value is -1.40. The second-order valence-electron chi connectivity index (χ2n) is 4.86. The zero-order chi connectivity index (χ0) is 13.1. The molecular weight excluding hydrogens is 234 g/mol. The summed E-state index contributed by atoms with van der Waals surface area (Å²) in [6.45, 7) is 6.53. The van der Waals surface area contributed by atoms with Crippen molar-refractivity contribution in [2.24, 2.45) is 0 Å². The summed E-state index contributed by atoms with van der Waals surface area (Å²) in [7, 11) is 0. The van der Waals surface area contributed by atoms with Crippen LogP contribution in [0, 0.1) is 0 Å². The number of morpholine rings is 1. The van der Waals surface area contributed by atoms with E-state index in [1.807, 2.05) is 17.1 Å². The Labute approximate surface area is 106 Å². The molecule has 2 heterocycles. The maximum absolute atomic E-state index is 10.9. The highest BCUT2D eigenvalue weighted by Crippen LogP contribution is 2.12. The van der Waals surface area contributed by atoms with Crippen molar-refractivity contribution in [3.63, 3.8) is 0 Å². The Morgan fingerprint density at radius 3 is 3.06 bits per heavy atom. The van der Waals surface area contributed by atoms with Crippen LogP contribution in [0.2, 0.25) is 0 Å². The third-order valence-corrected chi connectivity index (χ3v) is 3.02. The predicted octanol–water partition coefficient (Wildman–Crippen LogP) is 0.749. The van der Waals surface area contributed by atoms with Crippen LogP contribution >= 0.6 is 0 Å². The zero-order valence-electron chi connectivity index (χ0n) is 10.7. The highest BCUT2D eigenvalue weighted by atomic mass is 16.5. The lowest BCUT2D eigenvalue weighted by molar-refractivity contribution is -0.156. The molecule has 2 rings (SSSR count). The van der Waals surface area contributed by atoms with E-state index in [2.05, 4.69) is 23.8 Å². The van der Waals surface area contributed by atoms with Crippen LogP contribution in [0.5, 0.6) is 0 Å². The quantitative estimate of drug-likeness (QED) is 0.857. The molecule has 1 fully saturated rings. The van der Waals surface area contributed by atoms with Crippen LogP contribution in [0.1, 0.15) is 25.5 Å². The predicted molar refractivity (Wildman–Crippen MR) is 65.3 cm³/mol. The molecule has 0 spiro atoms. The first-order valence-electron chi connectivity index (χ1n) is 6.16. The van der Waals surface area contributed by atoms with E-state index in [1.165, 1.54) is 0 Å². The highest BCUT2D eigenvalue weighted by molar-refractivity contribution is 5.72. The molecule has 1 aliphatic rings. The van der Waals surface area contributed by atoms with Gasteiger partial charge < -0.3 is 9.84 Å². The fraction of sp³-hybridized carbons (Fsp3) is 0.667. The maximum atomic E-state index is 10.9. The van der Waals surface area contributed by atoms with Crippen LogP contribution in [0.15, 0.2) is 12.4 Å². The van der Waals surface area contributed by atoms with Crippen LogP contribution < -0.4 is 0 Å². The number of hydrogen-bond donors (Lipinski definition) is 1. The van der Waals surface area contributed by atoms with Crippen molar-refractivity contribution in [2.75, 3.05) is 19.7 Å². The van der Waals surface area contributed by atoms with Crippen molar-refractivity contribution in [1.29, 1.82) is 0 Å². The fourth-order valence-corrected chi connectivity index (χ4v) is 2.00. The number of ether oxygens (including phenoxy) is 1. The largest absolute Gasteiger partial charge is 0.479 e. The van der Waals surface area contributed by atoms with E-state index in [0.717, 1.165) is 18.7 Å². The number of carboxylic acid groups (broad SMARTS) is 1. The molecule has 0 bridgehead atoms. The maximum Gasteiger partial charge on any atom is 0.334 e. The first kappa shape index (κ1) is 13.0. The van der Waals surface area contributed by atoms with Crippen molar-refractivity contribution in [3.05, 3.63) is 18.0 Å². The Morgan fingerprint density at radius 1 is 1.67 bits per heavy atom. The molecule has 6 nitrogen and oxygen atoms in total. The van der Waals surface area contributed by atoms with Gasteiger partial charge in [0.2, 0.25) is 0 Å². The van der Waals surface area contributed by atoms with E-state index in [0.29, 0.717) is 19.2 Å². The minimum atomic E-state index is -0.891. The Kier molecular flexibility index (Phi) is 3.98. The SMILES string of the molecule is CC(C)n1cc(CN2CCOC(C(=O)O)C2)cn1. The fourth-order valence-electron chi connectivity index (χ4n) is 2.00.